The summed E-state index contributed by atoms with van der Waals surface area (Å²) in [5.74, 6) is 0.866. The summed E-state index contributed by atoms with van der Waals surface area (Å²) < 4.78 is 29.2. The van der Waals surface area contributed by atoms with Crippen molar-refractivity contribution in [2.24, 2.45) is 0 Å². The summed E-state index contributed by atoms with van der Waals surface area (Å²) in [7, 11) is -3.60. The molecule has 25 heavy (non-hydrogen) atoms. The van der Waals surface area contributed by atoms with Gasteiger partial charge in [0, 0.05) is 18.8 Å². The molecule has 0 bridgehead atoms. The average Bonchev–Trinajstić information content (AvgIpc) is 2.61. The van der Waals surface area contributed by atoms with Crippen LogP contribution in [0.25, 0.3) is 0 Å². The Morgan fingerprint density at radius 1 is 1.20 bits per heavy atom. The SMILES string of the molecule is CCc1cccc(NS(=O)(=O)N2CCC(c3cccc(O)c3)CC2)n1. The van der Waals surface area contributed by atoms with Crippen LogP contribution in [0.4, 0.5) is 5.82 Å². The molecule has 1 saturated heterocycles. The molecule has 2 N–H and O–H groups in total. The monoisotopic (exact) mass is 361 g/mol. The number of rotatable bonds is 5. The Balaban J connectivity index is 1.65. The van der Waals surface area contributed by atoms with Gasteiger partial charge in [0.25, 0.3) is 0 Å². The number of aromatic nitrogens is 1. The molecule has 0 saturated carbocycles. The summed E-state index contributed by atoms with van der Waals surface area (Å²) in [6.07, 6.45) is 2.21. The van der Waals surface area contributed by atoms with Gasteiger partial charge in [-0.1, -0.05) is 25.1 Å². The van der Waals surface area contributed by atoms with Gasteiger partial charge in [-0.2, -0.15) is 12.7 Å². The standard InChI is InChI=1S/C18H23N3O3S/c1-2-16-6-4-8-18(19-16)20-25(23,24)21-11-9-14(10-12-21)15-5-3-7-17(22)13-15/h3-8,13-14,22H,2,9-12H2,1H3,(H,19,20). The number of hydrogen-bond acceptors (Lipinski definition) is 4. The van der Waals surface area contributed by atoms with Crippen molar-refractivity contribution >= 4 is 16.0 Å². The van der Waals surface area contributed by atoms with Crippen molar-refractivity contribution in [3.8, 4) is 5.75 Å². The fourth-order valence-electron chi connectivity index (χ4n) is 3.14. The van der Waals surface area contributed by atoms with Crippen molar-refractivity contribution in [2.45, 2.75) is 32.1 Å². The van der Waals surface area contributed by atoms with Crippen molar-refractivity contribution in [1.82, 2.24) is 9.29 Å². The third kappa shape index (κ3) is 4.29. The van der Waals surface area contributed by atoms with Gasteiger partial charge in [0.1, 0.15) is 11.6 Å². The van der Waals surface area contributed by atoms with E-state index in [1.54, 1.807) is 24.3 Å². The van der Waals surface area contributed by atoms with E-state index in [0.29, 0.717) is 18.9 Å². The zero-order valence-electron chi connectivity index (χ0n) is 14.2. The molecule has 1 aromatic carbocycles. The summed E-state index contributed by atoms with van der Waals surface area (Å²) in [5.41, 5.74) is 1.91. The fraction of sp³-hybridized carbons (Fsp3) is 0.389. The lowest BCUT2D eigenvalue weighted by Crippen LogP contribution is -2.41. The molecule has 0 spiro atoms. The first-order chi connectivity index (χ1) is 12.0. The maximum atomic E-state index is 12.6. The molecule has 0 amide bonds. The number of pyridine rings is 1. The topological polar surface area (TPSA) is 82.5 Å². The number of piperidine rings is 1. The van der Waals surface area contributed by atoms with Crippen LogP contribution in [0.2, 0.25) is 0 Å². The van der Waals surface area contributed by atoms with Crippen LogP contribution in [0.5, 0.6) is 5.75 Å². The molecule has 6 nitrogen and oxygen atoms in total. The predicted molar refractivity (Wildman–Crippen MR) is 97.8 cm³/mol. The zero-order chi connectivity index (χ0) is 17.9. The minimum Gasteiger partial charge on any atom is -0.508 e. The molecule has 0 aliphatic carbocycles. The van der Waals surface area contributed by atoms with Gasteiger partial charge in [-0.15, -0.1) is 0 Å². The number of anilines is 1. The minimum absolute atomic E-state index is 0.246. The van der Waals surface area contributed by atoms with Crippen LogP contribution in [0.3, 0.4) is 0 Å². The molecular weight excluding hydrogens is 338 g/mol. The van der Waals surface area contributed by atoms with Gasteiger partial charge in [0.05, 0.1) is 0 Å². The van der Waals surface area contributed by atoms with E-state index in [4.69, 9.17) is 0 Å². The number of benzene rings is 1. The second-order valence-electron chi connectivity index (χ2n) is 6.24. The summed E-state index contributed by atoms with van der Waals surface area (Å²) in [6, 6.07) is 12.5. The van der Waals surface area contributed by atoms with Gasteiger partial charge < -0.3 is 5.11 Å². The molecule has 134 valence electrons. The second kappa shape index (κ2) is 7.41. The van der Waals surface area contributed by atoms with Gasteiger partial charge in [-0.3, -0.25) is 4.72 Å². The average molecular weight is 361 g/mol. The quantitative estimate of drug-likeness (QED) is 0.858. The molecule has 1 aliphatic heterocycles. The highest BCUT2D eigenvalue weighted by Crippen LogP contribution is 2.30. The van der Waals surface area contributed by atoms with Crippen molar-refractivity contribution < 1.29 is 13.5 Å². The number of phenolic OH excluding ortho intramolecular Hbond substituents is 1. The largest absolute Gasteiger partial charge is 0.508 e. The normalized spacial score (nSPS) is 16.7. The van der Waals surface area contributed by atoms with Crippen molar-refractivity contribution in [2.75, 3.05) is 17.8 Å². The smallest absolute Gasteiger partial charge is 0.302 e. The van der Waals surface area contributed by atoms with E-state index < -0.39 is 10.2 Å². The molecular formula is C18H23N3O3S. The maximum absolute atomic E-state index is 12.6. The Morgan fingerprint density at radius 3 is 2.60 bits per heavy atom. The van der Waals surface area contributed by atoms with Gasteiger partial charge in [-0.25, -0.2) is 4.98 Å². The van der Waals surface area contributed by atoms with E-state index in [0.717, 1.165) is 30.5 Å². The lowest BCUT2D eigenvalue weighted by atomic mass is 9.90. The molecule has 2 aromatic rings. The van der Waals surface area contributed by atoms with Gasteiger partial charge in [-0.05, 0) is 55.0 Å². The van der Waals surface area contributed by atoms with Gasteiger partial charge in [0.15, 0.2) is 0 Å². The number of aromatic hydroxyl groups is 1. The molecule has 7 heteroatoms. The zero-order valence-corrected chi connectivity index (χ0v) is 15.0. The highest BCUT2D eigenvalue weighted by atomic mass is 32.2. The summed E-state index contributed by atoms with van der Waals surface area (Å²) in [5, 5.41) is 9.61. The number of aryl methyl sites for hydroxylation is 1. The van der Waals surface area contributed by atoms with E-state index in [9.17, 15) is 13.5 Å². The van der Waals surface area contributed by atoms with E-state index >= 15 is 0 Å². The number of nitrogens with one attached hydrogen (secondary N) is 1. The predicted octanol–water partition coefficient (Wildman–Crippen LogP) is 2.89. The fourth-order valence-corrected chi connectivity index (χ4v) is 4.34. The van der Waals surface area contributed by atoms with Crippen LogP contribution in [-0.4, -0.2) is 35.9 Å². The van der Waals surface area contributed by atoms with E-state index in [1.165, 1.54) is 4.31 Å². The Morgan fingerprint density at radius 2 is 1.92 bits per heavy atom. The van der Waals surface area contributed by atoms with Crippen molar-refractivity contribution in [3.63, 3.8) is 0 Å². The molecule has 1 fully saturated rings. The van der Waals surface area contributed by atoms with Crippen LogP contribution < -0.4 is 4.72 Å². The van der Waals surface area contributed by atoms with Crippen LogP contribution >= 0.6 is 0 Å². The third-order valence-corrected chi connectivity index (χ3v) is 6.05. The number of phenols is 1. The molecule has 0 atom stereocenters. The molecule has 1 aliphatic rings. The van der Waals surface area contributed by atoms with Crippen LogP contribution in [0.15, 0.2) is 42.5 Å². The second-order valence-corrected chi connectivity index (χ2v) is 7.91. The first-order valence-electron chi connectivity index (χ1n) is 8.50. The Labute approximate surface area is 148 Å². The maximum Gasteiger partial charge on any atom is 0.302 e. The molecule has 2 heterocycles. The summed E-state index contributed by atoms with van der Waals surface area (Å²) in [6.45, 7) is 2.87. The van der Waals surface area contributed by atoms with Crippen LogP contribution in [0.1, 0.15) is 36.9 Å². The lowest BCUT2D eigenvalue weighted by Gasteiger charge is -2.31. The molecule has 1 aromatic heterocycles. The van der Waals surface area contributed by atoms with Crippen molar-refractivity contribution in [3.05, 3.63) is 53.7 Å². The summed E-state index contributed by atoms with van der Waals surface area (Å²) >= 11 is 0. The Hall–Kier alpha value is -2.12. The number of nitrogens with zero attached hydrogens (tertiary/aromatic N) is 2. The first kappa shape index (κ1) is 17.7. The van der Waals surface area contributed by atoms with Crippen molar-refractivity contribution in [1.29, 1.82) is 0 Å². The molecule has 0 unspecified atom stereocenters. The Kier molecular flexibility index (Phi) is 5.24. The third-order valence-electron chi connectivity index (χ3n) is 4.54. The molecule has 3 rings (SSSR count). The summed E-state index contributed by atoms with van der Waals surface area (Å²) in [4.78, 5) is 4.30. The first-order valence-corrected chi connectivity index (χ1v) is 9.94. The lowest BCUT2D eigenvalue weighted by molar-refractivity contribution is 0.321. The van der Waals surface area contributed by atoms with Gasteiger partial charge in [0.2, 0.25) is 0 Å². The van der Waals surface area contributed by atoms with E-state index in [1.807, 2.05) is 25.1 Å². The molecule has 0 radical (unpaired) electrons. The van der Waals surface area contributed by atoms with Crippen LogP contribution in [-0.2, 0) is 16.6 Å². The Bertz CT molecular complexity index is 831. The van der Waals surface area contributed by atoms with Crippen LogP contribution in [0, 0.1) is 0 Å². The number of hydrogen-bond donors (Lipinski definition) is 2. The van der Waals surface area contributed by atoms with E-state index in [2.05, 4.69) is 9.71 Å². The highest BCUT2D eigenvalue weighted by Gasteiger charge is 2.29. The minimum atomic E-state index is -3.60. The van der Waals surface area contributed by atoms with Gasteiger partial charge >= 0.3 is 10.2 Å². The highest BCUT2D eigenvalue weighted by molar-refractivity contribution is 7.90. The van der Waals surface area contributed by atoms with E-state index in [-0.39, 0.29) is 11.7 Å².